The summed E-state index contributed by atoms with van der Waals surface area (Å²) in [5.74, 6) is -0.0293. The molecule has 18 heavy (non-hydrogen) atoms. The normalized spacial score (nSPS) is 10.3. The summed E-state index contributed by atoms with van der Waals surface area (Å²) in [6.07, 6.45) is 1.96. The number of rotatable bonds is 4. The Hall–Kier alpha value is -1.76. The van der Waals surface area contributed by atoms with Crippen LogP contribution in [0, 0.1) is 6.92 Å². The van der Waals surface area contributed by atoms with Crippen LogP contribution in [0.3, 0.4) is 0 Å². The lowest BCUT2D eigenvalue weighted by molar-refractivity contribution is -0.115. The fourth-order valence-electron chi connectivity index (χ4n) is 1.51. The van der Waals surface area contributed by atoms with Gasteiger partial charge in [-0.05, 0) is 35.0 Å². The molecule has 0 bridgehead atoms. The van der Waals surface area contributed by atoms with Gasteiger partial charge in [0.2, 0.25) is 5.91 Å². The SMILES string of the molecule is Cc1ccc(NC(=O)CCBr)cc1-n1cnnn1. The Balaban J connectivity index is 2.24. The van der Waals surface area contributed by atoms with Crippen LogP contribution in [0.25, 0.3) is 5.69 Å². The van der Waals surface area contributed by atoms with E-state index < -0.39 is 0 Å². The Morgan fingerprint density at radius 2 is 2.33 bits per heavy atom. The molecule has 0 spiro atoms. The lowest BCUT2D eigenvalue weighted by Crippen LogP contribution is -2.12. The molecule has 2 rings (SSSR count). The second kappa shape index (κ2) is 5.72. The maximum Gasteiger partial charge on any atom is 0.225 e. The average Bonchev–Trinajstić information content (AvgIpc) is 2.85. The summed E-state index contributed by atoms with van der Waals surface area (Å²) in [5, 5.41) is 14.5. The van der Waals surface area contributed by atoms with Gasteiger partial charge in [0.05, 0.1) is 5.69 Å². The van der Waals surface area contributed by atoms with Crippen LogP contribution in [0.2, 0.25) is 0 Å². The molecule has 0 aliphatic rings. The molecule has 0 atom stereocenters. The minimum atomic E-state index is -0.0293. The first-order valence-corrected chi connectivity index (χ1v) is 6.52. The van der Waals surface area contributed by atoms with Crippen LogP contribution in [0.5, 0.6) is 0 Å². The van der Waals surface area contributed by atoms with Gasteiger partial charge in [-0.1, -0.05) is 22.0 Å². The number of aryl methyl sites for hydroxylation is 1. The van der Waals surface area contributed by atoms with Gasteiger partial charge >= 0.3 is 0 Å². The number of halogens is 1. The highest BCUT2D eigenvalue weighted by Gasteiger charge is 2.06. The monoisotopic (exact) mass is 309 g/mol. The molecule has 0 aliphatic heterocycles. The summed E-state index contributed by atoms with van der Waals surface area (Å²) < 4.78 is 1.56. The van der Waals surface area contributed by atoms with Gasteiger partial charge in [0.25, 0.3) is 0 Å². The Morgan fingerprint density at radius 3 is 3.00 bits per heavy atom. The molecule has 1 amide bonds. The maximum atomic E-state index is 11.5. The van der Waals surface area contributed by atoms with Crippen LogP contribution in [0.15, 0.2) is 24.5 Å². The fraction of sp³-hybridized carbons (Fsp3) is 0.273. The molecule has 0 unspecified atom stereocenters. The molecule has 1 aromatic heterocycles. The van der Waals surface area contributed by atoms with Crippen molar-refractivity contribution in [1.82, 2.24) is 20.2 Å². The van der Waals surface area contributed by atoms with Gasteiger partial charge < -0.3 is 5.32 Å². The Bertz CT molecular complexity index is 540. The van der Waals surface area contributed by atoms with E-state index in [9.17, 15) is 4.79 Å². The molecule has 1 heterocycles. The number of hydrogen-bond donors (Lipinski definition) is 1. The number of aromatic nitrogens is 4. The maximum absolute atomic E-state index is 11.5. The molecule has 0 saturated carbocycles. The van der Waals surface area contributed by atoms with E-state index in [0.717, 1.165) is 16.9 Å². The number of anilines is 1. The van der Waals surface area contributed by atoms with Crippen LogP contribution in [-0.2, 0) is 4.79 Å². The third-order valence-electron chi connectivity index (χ3n) is 2.41. The Kier molecular flexibility index (Phi) is 4.03. The van der Waals surface area contributed by atoms with Crippen molar-refractivity contribution in [2.75, 3.05) is 10.6 Å². The van der Waals surface area contributed by atoms with E-state index in [1.165, 1.54) is 6.33 Å². The molecule has 94 valence electrons. The van der Waals surface area contributed by atoms with Crippen molar-refractivity contribution < 1.29 is 4.79 Å². The lowest BCUT2D eigenvalue weighted by atomic mass is 10.2. The number of hydrogen-bond acceptors (Lipinski definition) is 4. The van der Waals surface area contributed by atoms with E-state index in [-0.39, 0.29) is 5.91 Å². The van der Waals surface area contributed by atoms with Crippen LogP contribution in [0.1, 0.15) is 12.0 Å². The molecular weight excluding hydrogens is 298 g/mol. The van der Waals surface area contributed by atoms with Crippen molar-refractivity contribution in [3.8, 4) is 5.69 Å². The van der Waals surface area contributed by atoms with Crippen molar-refractivity contribution in [1.29, 1.82) is 0 Å². The first kappa shape index (κ1) is 12.7. The van der Waals surface area contributed by atoms with Crippen molar-refractivity contribution in [2.24, 2.45) is 0 Å². The van der Waals surface area contributed by atoms with Crippen molar-refractivity contribution >= 4 is 27.5 Å². The summed E-state index contributed by atoms with van der Waals surface area (Å²) in [7, 11) is 0. The fourth-order valence-corrected chi connectivity index (χ4v) is 1.88. The van der Waals surface area contributed by atoms with Gasteiger partial charge in [-0.15, -0.1) is 5.10 Å². The summed E-state index contributed by atoms with van der Waals surface area (Å²) in [4.78, 5) is 11.5. The van der Waals surface area contributed by atoms with Gasteiger partial charge in [-0.25, -0.2) is 4.68 Å². The molecule has 6 nitrogen and oxygen atoms in total. The van der Waals surface area contributed by atoms with Crippen molar-refractivity contribution in [3.63, 3.8) is 0 Å². The smallest absolute Gasteiger partial charge is 0.225 e. The van der Waals surface area contributed by atoms with E-state index in [4.69, 9.17) is 0 Å². The number of carbonyl (C=O) groups excluding carboxylic acids is 1. The molecule has 0 saturated heterocycles. The predicted octanol–water partition coefficient (Wildman–Crippen LogP) is 1.69. The average molecular weight is 310 g/mol. The Morgan fingerprint density at radius 1 is 1.50 bits per heavy atom. The standard InChI is InChI=1S/C11H12BrN5O/c1-8-2-3-9(14-11(18)4-5-12)6-10(8)17-7-13-15-16-17/h2-3,6-7H,4-5H2,1H3,(H,14,18). The first-order chi connectivity index (χ1) is 8.70. The number of nitrogens with one attached hydrogen (secondary N) is 1. The summed E-state index contributed by atoms with van der Waals surface area (Å²) in [5.41, 5.74) is 2.61. The minimum absolute atomic E-state index is 0.0293. The van der Waals surface area contributed by atoms with E-state index in [1.54, 1.807) is 4.68 Å². The zero-order chi connectivity index (χ0) is 13.0. The van der Waals surface area contributed by atoms with Gasteiger partial charge in [0.15, 0.2) is 0 Å². The number of amides is 1. The summed E-state index contributed by atoms with van der Waals surface area (Å²) in [6, 6.07) is 5.62. The first-order valence-electron chi connectivity index (χ1n) is 5.40. The van der Waals surface area contributed by atoms with Gasteiger partial charge in [-0.2, -0.15) is 0 Å². The molecule has 0 fully saturated rings. The highest BCUT2D eigenvalue weighted by molar-refractivity contribution is 9.09. The third-order valence-corrected chi connectivity index (χ3v) is 2.81. The van der Waals surface area contributed by atoms with E-state index in [2.05, 4.69) is 36.8 Å². The molecule has 0 radical (unpaired) electrons. The van der Waals surface area contributed by atoms with E-state index in [0.29, 0.717) is 11.8 Å². The summed E-state index contributed by atoms with van der Waals surface area (Å²) in [6.45, 7) is 1.96. The van der Waals surface area contributed by atoms with Gasteiger partial charge in [0.1, 0.15) is 6.33 Å². The summed E-state index contributed by atoms with van der Waals surface area (Å²) >= 11 is 3.23. The van der Waals surface area contributed by atoms with Gasteiger partial charge in [-0.3, -0.25) is 4.79 Å². The van der Waals surface area contributed by atoms with Crippen LogP contribution >= 0.6 is 15.9 Å². The number of carbonyl (C=O) groups is 1. The molecule has 1 aromatic carbocycles. The third kappa shape index (κ3) is 2.92. The number of benzene rings is 1. The number of tetrazole rings is 1. The molecule has 2 aromatic rings. The van der Waals surface area contributed by atoms with Crippen LogP contribution < -0.4 is 5.32 Å². The van der Waals surface area contributed by atoms with Crippen LogP contribution in [0.4, 0.5) is 5.69 Å². The van der Waals surface area contributed by atoms with Gasteiger partial charge in [0, 0.05) is 17.4 Å². The quantitative estimate of drug-likeness (QED) is 0.872. The topological polar surface area (TPSA) is 72.7 Å². The molecular formula is C11H12BrN5O. The predicted molar refractivity (Wildman–Crippen MR) is 70.9 cm³/mol. The second-order valence-corrected chi connectivity index (χ2v) is 4.54. The lowest BCUT2D eigenvalue weighted by Gasteiger charge is -2.09. The highest BCUT2D eigenvalue weighted by Crippen LogP contribution is 2.18. The zero-order valence-corrected chi connectivity index (χ0v) is 11.4. The minimum Gasteiger partial charge on any atom is -0.326 e. The Labute approximate surface area is 113 Å². The number of nitrogens with zero attached hydrogens (tertiary/aromatic N) is 4. The van der Waals surface area contributed by atoms with Crippen molar-refractivity contribution in [2.45, 2.75) is 13.3 Å². The largest absolute Gasteiger partial charge is 0.326 e. The highest BCUT2D eigenvalue weighted by atomic mass is 79.9. The van der Waals surface area contributed by atoms with Crippen molar-refractivity contribution in [3.05, 3.63) is 30.1 Å². The van der Waals surface area contributed by atoms with E-state index in [1.807, 2.05) is 25.1 Å². The second-order valence-electron chi connectivity index (χ2n) is 3.74. The zero-order valence-electron chi connectivity index (χ0n) is 9.80. The molecule has 1 N–H and O–H groups in total. The number of alkyl halides is 1. The van der Waals surface area contributed by atoms with E-state index >= 15 is 0 Å². The molecule has 7 heteroatoms. The van der Waals surface area contributed by atoms with Crippen LogP contribution in [-0.4, -0.2) is 31.4 Å². The molecule has 0 aliphatic carbocycles.